The number of likely N-dealkylation sites (tertiary alicyclic amines) is 2. The topological polar surface area (TPSA) is 101 Å². The average molecular weight is 442 g/mol. The normalized spacial score (nSPS) is 20.4. The summed E-state index contributed by atoms with van der Waals surface area (Å²) in [7, 11) is 0. The van der Waals surface area contributed by atoms with E-state index in [1.807, 2.05) is 6.92 Å². The Balaban J connectivity index is 1.24. The minimum Gasteiger partial charge on any atom is -0.465 e. The van der Waals surface area contributed by atoms with Gasteiger partial charge in [0.2, 0.25) is 5.89 Å². The molecule has 1 N–H and O–H groups in total. The summed E-state index contributed by atoms with van der Waals surface area (Å²) in [6, 6.07) is 4.63. The van der Waals surface area contributed by atoms with Crippen molar-refractivity contribution in [1.82, 2.24) is 29.7 Å². The monoisotopic (exact) mass is 442 g/mol. The summed E-state index contributed by atoms with van der Waals surface area (Å²) in [6.07, 6.45) is 2.65. The Bertz CT molecular complexity index is 1120. The van der Waals surface area contributed by atoms with Gasteiger partial charge in [0.05, 0.1) is 11.2 Å². The van der Waals surface area contributed by atoms with Crippen LogP contribution in [0.2, 0.25) is 0 Å². The van der Waals surface area contributed by atoms with Gasteiger partial charge in [0.25, 0.3) is 5.95 Å². The molecule has 2 fully saturated rings. The maximum atomic E-state index is 13.8. The highest BCUT2D eigenvalue weighted by Crippen LogP contribution is 2.29. The molecule has 2 saturated heterocycles. The number of aryl methyl sites for hydroxylation is 1. The summed E-state index contributed by atoms with van der Waals surface area (Å²) >= 11 is 0. The molecule has 9 nitrogen and oxygen atoms in total. The first-order chi connectivity index (χ1) is 15.5. The molecule has 0 unspecified atom stereocenters. The molecular formula is C22H27FN6O3. The van der Waals surface area contributed by atoms with Crippen LogP contribution in [0.4, 0.5) is 9.18 Å². The number of rotatable bonds is 5. The molecule has 0 radical (unpaired) electrons. The van der Waals surface area contributed by atoms with Crippen molar-refractivity contribution in [3.05, 3.63) is 35.6 Å². The molecule has 0 bridgehead atoms. The third kappa shape index (κ3) is 3.94. The zero-order chi connectivity index (χ0) is 22.2. The molecule has 2 aliphatic rings. The average Bonchev–Trinajstić information content (AvgIpc) is 3.52. The smallest absolute Gasteiger partial charge is 0.407 e. The Morgan fingerprint density at radius 2 is 2.06 bits per heavy atom. The van der Waals surface area contributed by atoms with Gasteiger partial charge in [-0.3, -0.25) is 0 Å². The SMILES string of the molecule is CCc1nn(-c2noc(C3CCN(C[C@@H]4CCN(C(=O)O)C4)CC3)n2)c2cc(F)ccc12. The zero-order valence-corrected chi connectivity index (χ0v) is 18.1. The number of benzene rings is 1. The number of fused-ring (bicyclic) bond motifs is 1. The van der Waals surface area contributed by atoms with Gasteiger partial charge in [-0.15, -0.1) is 0 Å². The number of piperidine rings is 1. The summed E-state index contributed by atoms with van der Waals surface area (Å²) in [5.41, 5.74) is 1.50. The molecule has 32 heavy (non-hydrogen) atoms. The van der Waals surface area contributed by atoms with Crippen molar-refractivity contribution < 1.29 is 18.8 Å². The number of hydrogen-bond donors (Lipinski definition) is 1. The highest BCUT2D eigenvalue weighted by Gasteiger charge is 2.30. The molecule has 1 aromatic carbocycles. The van der Waals surface area contributed by atoms with E-state index in [2.05, 4.69) is 20.1 Å². The van der Waals surface area contributed by atoms with Crippen LogP contribution in [0, 0.1) is 11.7 Å². The zero-order valence-electron chi connectivity index (χ0n) is 18.1. The van der Waals surface area contributed by atoms with Gasteiger partial charge in [-0.05, 0) is 62.0 Å². The number of nitrogens with zero attached hydrogens (tertiary/aromatic N) is 6. The third-order valence-corrected chi connectivity index (χ3v) is 6.68. The standard InChI is InChI=1S/C22H27FN6O3/c1-2-18-17-4-3-16(23)11-19(17)29(25-18)21-24-20(32-26-21)15-6-8-27(9-7-15)12-14-5-10-28(13-14)22(30)31/h3-4,11,14-15H,2,5-10,12-13H2,1H3,(H,30,31)/t14-/m0/s1. The molecule has 4 heterocycles. The van der Waals surface area contributed by atoms with Crippen molar-refractivity contribution in [2.45, 2.75) is 38.5 Å². The minimum atomic E-state index is -0.822. The summed E-state index contributed by atoms with van der Waals surface area (Å²) < 4.78 is 21.0. The fourth-order valence-corrected chi connectivity index (χ4v) is 4.93. The van der Waals surface area contributed by atoms with E-state index in [1.165, 1.54) is 17.0 Å². The van der Waals surface area contributed by atoms with Crippen LogP contribution in [0.1, 0.15) is 43.7 Å². The Kier molecular flexibility index (Phi) is 5.54. The molecule has 2 aliphatic heterocycles. The molecule has 170 valence electrons. The summed E-state index contributed by atoms with van der Waals surface area (Å²) in [6.45, 7) is 6.03. The van der Waals surface area contributed by atoms with Crippen LogP contribution < -0.4 is 0 Å². The van der Waals surface area contributed by atoms with Crippen molar-refractivity contribution in [3.63, 3.8) is 0 Å². The van der Waals surface area contributed by atoms with E-state index in [4.69, 9.17) is 9.63 Å². The fourth-order valence-electron chi connectivity index (χ4n) is 4.93. The third-order valence-electron chi connectivity index (χ3n) is 6.68. The van der Waals surface area contributed by atoms with Gasteiger partial charge in [0, 0.05) is 37.0 Å². The lowest BCUT2D eigenvalue weighted by Crippen LogP contribution is -2.37. The van der Waals surface area contributed by atoms with Gasteiger partial charge in [0.1, 0.15) is 5.82 Å². The highest BCUT2D eigenvalue weighted by molar-refractivity contribution is 5.83. The molecule has 0 aliphatic carbocycles. The Morgan fingerprint density at radius 1 is 1.25 bits per heavy atom. The Hall–Kier alpha value is -3.01. The van der Waals surface area contributed by atoms with Gasteiger partial charge in [-0.25, -0.2) is 9.18 Å². The second-order valence-corrected chi connectivity index (χ2v) is 8.76. The van der Waals surface area contributed by atoms with Crippen molar-refractivity contribution in [3.8, 4) is 5.95 Å². The van der Waals surface area contributed by atoms with Crippen molar-refractivity contribution in [2.75, 3.05) is 32.7 Å². The Morgan fingerprint density at radius 3 is 2.78 bits per heavy atom. The summed E-state index contributed by atoms with van der Waals surface area (Å²) in [5.74, 6) is 1.17. The first-order valence-corrected chi connectivity index (χ1v) is 11.2. The van der Waals surface area contributed by atoms with Crippen LogP contribution in [0.3, 0.4) is 0 Å². The number of halogens is 1. The molecule has 0 spiro atoms. The number of carboxylic acid groups (broad SMARTS) is 1. The molecule has 1 atom stereocenters. The lowest BCUT2D eigenvalue weighted by atomic mass is 9.95. The lowest BCUT2D eigenvalue weighted by Gasteiger charge is -2.32. The van der Waals surface area contributed by atoms with Crippen LogP contribution in [-0.4, -0.2) is 73.6 Å². The van der Waals surface area contributed by atoms with E-state index in [-0.39, 0.29) is 11.7 Å². The van der Waals surface area contributed by atoms with Crippen LogP contribution in [-0.2, 0) is 6.42 Å². The van der Waals surface area contributed by atoms with Crippen LogP contribution in [0.5, 0.6) is 0 Å². The molecule has 5 rings (SSSR count). The van der Waals surface area contributed by atoms with E-state index in [0.29, 0.717) is 36.4 Å². The van der Waals surface area contributed by atoms with Crippen LogP contribution in [0.15, 0.2) is 22.7 Å². The van der Waals surface area contributed by atoms with Gasteiger partial charge in [-0.2, -0.15) is 14.8 Å². The van der Waals surface area contributed by atoms with Crippen molar-refractivity contribution in [1.29, 1.82) is 0 Å². The molecule has 2 aromatic heterocycles. The summed E-state index contributed by atoms with van der Waals surface area (Å²) in [5, 5.41) is 18.7. The Labute approximate surface area is 184 Å². The van der Waals surface area contributed by atoms with E-state index in [1.54, 1.807) is 10.7 Å². The van der Waals surface area contributed by atoms with Gasteiger partial charge < -0.3 is 19.4 Å². The molecule has 3 aromatic rings. The van der Waals surface area contributed by atoms with Gasteiger partial charge >= 0.3 is 6.09 Å². The van der Waals surface area contributed by atoms with E-state index in [9.17, 15) is 9.18 Å². The fraction of sp³-hybridized carbons (Fsp3) is 0.545. The largest absolute Gasteiger partial charge is 0.465 e. The van der Waals surface area contributed by atoms with E-state index >= 15 is 0 Å². The maximum absolute atomic E-state index is 13.8. The second kappa shape index (κ2) is 8.50. The molecule has 0 saturated carbocycles. The number of hydrogen-bond acceptors (Lipinski definition) is 6. The van der Waals surface area contributed by atoms with Crippen molar-refractivity contribution >= 4 is 17.0 Å². The first-order valence-electron chi connectivity index (χ1n) is 11.2. The minimum absolute atomic E-state index is 0.177. The summed E-state index contributed by atoms with van der Waals surface area (Å²) in [4.78, 5) is 19.6. The number of carbonyl (C=O) groups is 1. The van der Waals surface area contributed by atoms with Crippen LogP contribution in [0.25, 0.3) is 16.9 Å². The van der Waals surface area contributed by atoms with Gasteiger partial charge in [0.15, 0.2) is 0 Å². The molecule has 1 amide bonds. The van der Waals surface area contributed by atoms with E-state index < -0.39 is 6.09 Å². The lowest BCUT2D eigenvalue weighted by molar-refractivity contribution is 0.147. The first kappa shape index (κ1) is 20.9. The highest BCUT2D eigenvalue weighted by atomic mass is 19.1. The quantitative estimate of drug-likeness (QED) is 0.647. The molecule has 10 heteroatoms. The predicted molar refractivity (Wildman–Crippen MR) is 114 cm³/mol. The van der Waals surface area contributed by atoms with E-state index in [0.717, 1.165) is 56.4 Å². The number of aromatic nitrogens is 4. The predicted octanol–water partition coefficient (Wildman–Crippen LogP) is 3.29. The molecular weight excluding hydrogens is 415 g/mol. The second-order valence-electron chi connectivity index (χ2n) is 8.76. The van der Waals surface area contributed by atoms with Crippen molar-refractivity contribution in [2.24, 2.45) is 5.92 Å². The van der Waals surface area contributed by atoms with Crippen LogP contribution >= 0.6 is 0 Å². The maximum Gasteiger partial charge on any atom is 0.407 e. The van der Waals surface area contributed by atoms with Gasteiger partial charge in [-0.1, -0.05) is 6.92 Å². The number of amides is 1.